The van der Waals surface area contributed by atoms with E-state index in [-0.39, 0.29) is 0 Å². The number of ether oxygens (including phenoxy) is 2. The second kappa shape index (κ2) is 10.2. The van der Waals surface area contributed by atoms with E-state index in [0.29, 0.717) is 0 Å². The van der Waals surface area contributed by atoms with Crippen LogP contribution in [0.25, 0.3) is 0 Å². The summed E-state index contributed by atoms with van der Waals surface area (Å²) in [5.74, 6) is -4.19. The lowest BCUT2D eigenvalue weighted by molar-refractivity contribution is -0.141. The predicted octanol–water partition coefficient (Wildman–Crippen LogP) is -2.16. The minimum atomic E-state index is -4.76. The maximum atomic E-state index is 11.6. The average molecular weight is 402 g/mol. The van der Waals surface area contributed by atoms with Gasteiger partial charge in [-0.15, -0.1) is 3.63 Å². The van der Waals surface area contributed by atoms with Crippen LogP contribution in [0.5, 0.6) is 0 Å². The zero-order valence-electron chi connectivity index (χ0n) is 12.9. The Hall–Kier alpha value is -1.80. The molecular weight excluding hydrogens is 384 g/mol. The minimum absolute atomic E-state index is 0.729. The van der Waals surface area contributed by atoms with E-state index in [1.165, 1.54) is 0 Å². The first-order valence-corrected chi connectivity index (χ1v) is 9.67. The fourth-order valence-electron chi connectivity index (χ4n) is 1.26. The van der Waals surface area contributed by atoms with Gasteiger partial charge in [-0.1, -0.05) is 13.2 Å². The minimum Gasteiger partial charge on any atom is -0.460 e. The highest BCUT2D eigenvalue weighted by Gasteiger charge is 2.28. The van der Waals surface area contributed by atoms with Crippen molar-refractivity contribution < 1.29 is 49.7 Å². The summed E-state index contributed by atoms with van der Waals surface area (Å²) in [5.41, 5.74) is 0. The van der Waals surface area contributed by atoms with Gasteiger partial charge in [-0.2, -0.15) is 16.8 Å². The second-order valence-corrected chi connectivity index (χ2v) is 7.93. The molecular formula is C12H18O11S2. The lowest BCUT2D eigenvalue weighted by Gasteiger charge is -2.13. The summed E-state index contributed by atoms with van der Waals surface area (Å²) in [6.45, 7) is 4.71. The molecule has 0 radical (unpaired) electrons. The molecule has 11 nitrogen and oxygen atoms in total. The Morgan fingerprint density at radius 2 is 1.16 bits per heavy atom. The van der Waals surface area contributed by atoms with Crippen LogP contribution in [0.4, 0.5) is 0 Å². The summed E-state index contributed by atoms with van der Waals surface area (Å²) < 4.78 is 59.0. The van der Waals surface area contributed by atoms with Crippen LogP contribution >= 0.6 is 0 Å². The van der Waals surface area contributed by atoms with Crippen LogP contribution in [0.15, 0.2) is 25.3 Å². The van der Waals surface area contributed by atoms with Crippen LogP contribution in [-0.4, -0.2) is 75.9 Å². The van der Waals surface area contributed by atoms with E-state index < -0.39 is 69.1 Å². The number of carbonyl (C=O) groups is 2. The molecule has 2 atom stereocenters. The summed E-state index contributed by atoms with van der Waals surface area (Å²) in [7, 11) is -9.53. The number of rotatable bonds is 12. The van der Waals surface area contributed by atoms with Gasteiger partial charge < -0.3 is 19.7 Å². The van der Waals surface area contributed by atoms with Gasteiger partial charge in [0, 0.05) is 12.2 Å². The van der Waals surface area contributed by atoms with Gasteiger partial charge in [-0.3, -0.25) is 0 Å². The van der Waals surface area contributed by atoms with E-state index in [0.717, 1.165) is 12.2 Å². The molecule has 13 heteroatoms. The third-order valence-corrected chi connectivity index (χ3v) is 5.41. The van der Waals surface area contributed by atoms with Crippen molar-refractivity contribution in [2.24, 2.45) is 0 Å². The topological polar surface area (TPSA) is 171 Å². The first-order valence-electron chi connectivity index (χ1n) is 6.51. The van der Waals surface area contributed by atoms with Crippen molar-refractivity contribution >= 4 is 32.2 Å². The Labute approximate surface area is 144 Å². The molecule has 0 amide bonds. The summed E-state index contributed by atoms with van der Waals surface area (Å²) in [5, 5.41) is 18.8. The number of aliphatic hydroxyl groups is 2. The largest absolute Gasteiger partial charge is 0.460 e. The smallest absolute Gasteiger partial charge is 0.330 e. The van der Waals surface area contributed by atoms with Gasteiger partial charge in [-0.25, -0.2) is 9.59 Å². The molecule has 0 aliphatic carbocycles. The molecule has 0 aromatic rings. The summed E-state index contributed by atoms with van der Waals surface area (Å²) >= 11 is 0. The van der Waals surface area contributed by atoms with Crippen LogP contribution in [0, 0.1) is 0 Å². The van der Waals surface area contributed by atoms with Crippen LogP contribution in [-0.2, 0) is 42.9 Å². The molecule has 0 heterocycles. The van der Waals surface area contributed by atoms with Crippen LogP contribution < -0.4 is 0 Å². The maximum absolute atomic E-state index is 11.6. The molecule has 0 aromatic heterocycles. The molecule has 0 bridgehead atoms. The normalized spacial score (nSPS) is 14.2. The van der Waals surface area contributed by atoms with E-state index in [4.69, 9.17) is 0 Å². The molecule has 0 spiro atoms. The highest BCUT2D eigenvalue weighted by Crippen LogP contribution is 2.07. The molecule has 0 rings (SSSR count). The average Bonchev–Trinajstić information content (AvgIpc) is 2.47. The summed E-state index contributed by atoms with van der Waals surface area (Å²) in [6, 6.07) is 0. The van der Waals surface area contributed by atoms with Crippen molar-refractivity contribution in [1.29, 1.82) is 0 Å². The van der Waals surface area contributed by atoms with Crippen molar-refractivity contribution in [1.82, 2.24) is 0 Å². The van der Waals surface area contributed by atoms with Crippen LogP contribution in [0.1, 0.15) is 0 Å². The molecule has 2 unspecified atom stereocenters. The quantitative estimate of drug-likeness (QED) is 0.269. The molecule has 0 saturated carbocycles. The Bertz CT molecular complexity index is 633. The van der Waals surface area contributed by atoms with Gasteiger partial charge in [-0.05, 0) is 0 Å². The Kier molecular flexibility index (Phi) is 9.51. The van der Waals surface area contributed by atoms with Gasteiger partial charge in [0.1, 0.15) is 36.9 Å². The molecule has 25 heavy (non-hydrogen) atoms. The van der Waals surface area contributed by atoms with Crippen molar-refractivity contribution in [3.05, 3.63) is 25.3 Å². The van der Waals surface area contributed by atoms with Crippen molar-refractivity contribution in [3.63, 3.8) is 0 Å². The highest BCUT2D eigenvalue weighted by molar-refractivity contribution is 7.99. The third kappa shape index (κ3) is 11.4. The van der Waals surface area contributed by atoms with E-state index in [1.54, 1.807) is 0 Å². The van der Waals surface area contributed by atoms with Crippen LogP contribution in [0.3, 0.4) is 0 Å². The fourth-order valence-corrected chi connectivity index (χ4v) is 4.10. The first-order chi connectivity index (χ1) is 11.4. The standard InChI is InChI=1S/C12H18O11S2/c1-3-11(15)21-5-9(13)7-24(17,18)23-25(19,20)8-10(14)6-22-12(16)4-2/h3-4,9-10,13-14H,1-2,5-8H2. The monoisotopic (exact) mass is 402 g/mol. The van der Waals surface area contributed by atoms with Gasteiger partial charge in [0.25, 0.3) is 20.2 Å². The van der Waals surface area contributed by atoms with Gasteiger partial charge in [0.15, 0.2) is 0 Å². The molecule has 2 N–H and O–H groups in total. The Morgan fingerprint density at radius 3 is 1.44 bits per heavy atom. The van der Waals surface area contributed by atoms with Crippen molar-refractivity contribution in [3.8, 4) is 0 Å². The van der Waals surface area contributed by atoms with E-state index in [1.807, 2.05) is 0 Å². The number of esters is 2. The zero-order chi connectivity index (χ0) is 19.7. The van der Waals surface area contributed by atoms with E-state index in [9.17, 15) is 36.6 Å². The number of aliphatic hydroxyl groups excluding tert-OH is 2. The van der Waals surface area contributed by atoms with Crippen molar-refractivity contribution in [2.75, 3.05) is 24.7 Å². The summed E-state index contributed by atoms with van der Waals surface area (Å²) in [6.07, 6.45) is -1.93. The fraction of sp³-hybridized carbons (Fsp3) is 0.500. The zero-order valence-corrected chi connectivity index (χ0v) is 14.6. The van der Waals surface area contributed by atoms with Crippen molar-refractivity contribution in [2.45, 2.75) is 12.2 Å². The second-order valence-electron chi connectivity index (χ2n) is 4.49. The highest BCUT2D eigenvalue weighted by atomic mass is 32.3. The molecule has 0 aromatic carbocycles. The predicted molar refractivity (Wildman–Crippen MR) is 83.0 cm³/mol. The molecule has 0 aliphatic heterocycles. The molecule has 0 aliphatic rings. The Morgan fingerprint density at radius 1 is 0.840 bits per heavy atom. The van der Waals surface area contributed by atoms with E-state index in [2.05, 4.69) is 26.3 Å². The van der Waals surface area contributed by atoms with Gasteiger partial charge in [0.2, 0.25) is 0 Å². The Balaban J connectivity index is 4.59. The summed E-state index contributed by atoms with van der Waals surface area (Å²) in [4.78, 5) is 21.5. The van der Waals surface area contributed by atoms with Crippen LogP contribution in [0.2, 0.25) is 0 Å². The lowest BCUT2D eigenvalue weighted by Crippen LogP contribution is -2.32. The number of carbonyl (C=O) groups excluding carboxylic acids is 2. The first kappa shape index (κ1) is 23.2. The molecule has 0 saturated heterocycles. The SMILES string of the molecule is C=CC(=O)OCC(O)CS(=O)(=O)OS(=O)(=O)CC(O)COC(=O)C=C. The number of hydrogen-bond acceptors (Lipinski definition) is 11. The maximum Gasteiger partial charge on any atom is 0.330 e. The lowest BCUT2D eigenvalue weighted by atomic mass is 10.4. The van der Waals surface area contributed by atoms with Gasteiger partial charge >= 0.3 is 11.9 Å². The van der Waals surface area contributed by atoms with E-state index >= 15 is 0 Å². The molecule has 0 fully saturated rings. The van der Waals surface area contributed by atoms with Gasteiger partial charge in [0.05, 0.1) is 0 Å². The number of hydrogen-bond donors (Lipinski definition) is 2. The third-order valence-electron chi connectivity index (χ3n) is 2.17. The molecule has 144 valence electrons.